The second-order valence-corrected chi connectivity index (χ2v) is 5.32. The Kier molecular flexibility index (Phi) is 3.96. The van der Waals surface area contributed by atoms with Gasteiger partial charge in [-0.25, -0.2) is 4.79 Å². The zero-order valence-electron chi connectivity index (χ0n) is 12.5. The van der Waals surface area contributed by atoms with Crippen molar-refractivity contribution in [1.29, 1.82) is 0 Å². The van der Waals surface area contributed by atoms with Crippen molar-refractivity contribution in [2.75, 3.05) is 0 Å². The average Bonchev–Trinajstić information content (AvgIpc) is 2.92. The molecule has 0 fully saturated rings. The van der Waals surface area contributed by atoms with Crippen LogP contribution < -0.4 is 11.2 Å². The van der Waals surface area contributed by atoms with Crippen LogP contribution >= 0.6 is 0 Å². The smallest absolute Gasteiger partial charge is 0.331 e. The SMILES string of the molecule is CCCCn1c(=O)ccn(Cc2cc3ccccc3o2)c1=O. The van der Waals surface area contributed by atoms with Crippen LogP contribution in [0.1, 0.15) is 25.5 Å². The molecule has 0 bridgehead atoms. The molecule has 0 unspecified atom stereocenters. The second kappa shape index (κ2) is 6.05. The molecule has 0 radical (unpaired) electrons. The van der Waals surface area contributed by atoms with Gasteiger partial charge in [0.15, 0.2) is 0 Å². The molecule has 3 aromatic rings. The number of furan rings is 1. The van der Waals surface area contributed by atoms with Crippen LogP contribution in [0.3, 0.4) is 0 Å². The van der Waals surface area contributed by atoms with Crippen molar-refractivity contribution in [3.8, 4) is 0 Å². The topological polar surface area (TPSA) is 57.1 Å². The van der Waals surface area contributed by atoms with Crippen molar-refractivity contribution in [2.24, 2.45) is 0 Å². The number of nitrogens with zero attached hydrogens (tertiary/aromatic N) is 2. The van der Waals surface area contributed by atoms with Crippen molar-refractivity contribution >= 4 is 11.0 Å². The zero-order valence-corrected chi connectivity index (χ0v) is 12.5. The number of fused-ring (bicyclic) bond motifs is 1. The lowest BCUT2D eigenvalue weighted by Gasteiger charge is -2.08. The fourth-order valence-corrected chi connectivity index (χ4v) is 2.48. The van der Waals surface area contributed by atoms with E-state index in [0.29, 0.717) is 18.8 Å². The van der Waals surface area contributed by atoms with Crippen LogP contribution in [-0.4, -0.2) is 9.13 Å². The molecule has 3 rings (SSSR count). The van der Waals surface area contributed by atoms with Gasteiger partial charge in [0, 0.05) is 24.2 Å². The molecular formula is C17H18N2O3. The third-order valence-corrected chi connectivity index (χ3v) is 3.68. The maximum absolute atomic E-state index is 12.4. The molecule has 5 heteroatoms. The van der Waals surface area contributed by atoms with Gasteiger partial charge in [-0.15, -0.1) is 0 Å². The monoisotopic (exact) mass is 298 g/mol. The minimum absolute atomic E-state index is 0.251. The number of para-hydroxylation sites is 1. The number of aromatic nitrogens is 2. The molecule has 0 saturated carbocycles. The van der Waals surface area contributed by atoms with Crippen molar-refractivity contribution < 1.29 is 4.42 Å². The molecule has 0 atom stereocenters. The molecule has 0 aliphatic heterocycles. The minimum Gasteiger partial charge on any atom is -0.459 e. The van der Waals surface area contributed by atoms with Gasteiger partial charge in [0.25, 0.3) is 5.56 Å². The van der Waals surface area contributed by atoms with Crippen LogP contribution in [-0.2, 0) is 13.1 Å². The molecule has 0 spiro atoms. The highest BCUT2D eigenvalue weighted by Gasteiger charge is 2.08. The highest BCUT2D eigenvalue weighted by molar-refractivity contribution is 5.77. The molecule has 0 N–H and O–H groups in total. The quantitative estimate of drug-likeness (QED) is 0.727. The summed E-state index contributed by atoms with van der Waals surface area (Å²) < 4.78 is 8.52. The average molecular weight is 298 g/mol. The summed E-state index contributed by atoms with van der Waals surface area (Å²) in [5.41, 5.74) is 0.255. The Balaban J connectivity index is 1.95. The number of unbranched alkanes of at least 4 members (excludes halogenated alkanes) is 1. The summed E-state index contributed by atoms with van der Waals surface area (Å²) in [7, 11) is 0. The number of hydrogen-bond donors (Lipinski definition) is 0. The molecule has 0 aliphatic rings. The maximum atomic E-state index is 12.4. The van der Waals surface area contributed by atoms with Crippen LogP contribution in [0.4, 0.5) is 0 Å². The summed E-state index contributed by atoms with van der Waals surface area (Å²) in [4.78, 5) is 24.2. The zero-order chi connectivity index (χ0) is 15.5. The Morgan fingerprint density at radius 1 is 1.14 bits per heavy atom. The first-order valence-corrected chi connectivity index (χ1v) is 7.47. The van der Waals surface area contributed by atoms with Gasteiger partial charge in [0.2, 0.25) is 0 Å². The Hall–Kier alpha value is -2.56. The van der Waals surface area contributed by atoms with E-state index in [9.17, 15) is 9.59 Å². The molecular weight excluding hydrogens is 280 g/mol. The minimum atomic E-state index is -0.290. The first kappa shape index (κ1) is 14.4. The number of hydrogen-bond acceptors (Lipinski definition) is 3. The fourth-order valence-electron chi connectivity index (χ4n) is 2.48. The first-order chi connectivity index (χ1) is 10.7. The Morgan fingerprint density at radius 2 is 1.95 bits per heavy atom. The molecule has 0 amide bonds. The van der Waals surface area contributed by atoms with Gasteiger partial charge < -0.3 is 4.42 Å². The van der Waals surface area contributed by atoms with Gasteiger partial charge in [-0.05, 0) is 18.6 Å². The number of rotatable bonds is 5. The lowest BCUT2D eigenvalue weighted by molar-refractivity contribution is 0.495. The molecule has 2 aromatic heterocycles. The summed E-state index contributed by atoms with van der Waals surface area (Å²) in [6.07, 6.45) is 3.27. The van der Waals surface area contributed by atoms with E-state index in [4.69, 9.17) is 4.42 Å². The van der Waals surface area contributed by atoms with Crippen LogP contribution in [0.15, 0.2) is 56.6 Å². The van der Waals surface area contributed by atoms with E-state index in [1.54, 1.807) is 0 Å². The van der Waals surface area contributed by atoms with E-state index >= 15 is 0 Å². The van der Waals surface area contributed by atoms with Gasteiger partial charge in [-0.1, -0.05) is 31.5 Å². The molecule has 0 aliphatic carbocycles. The predicted octanol–water partition coefficient (Wildman–Crippen LogP) is 2.60. The summed E-state index contributed by atoms with van der Waals surface area (Å²) in [5, 5.41) is 1.00. The molecule has 5 nitrogen and oxygen atoms in total. The summed E-state index contributed by atoms with van der Waals surface area (Å²) in [5.74, 6) is 0.698. The van der Waals surface area contributed by atoms with Crippen molar-refractivity contribution in [3.05, 3.63) is 69.2 Å². The Labute approximate surface area is 127 Å². The fraction of sp³-hybridized carbons (Fsp3) is 0.294. The molecule has 114 valence electrons. The summed E-state index contributed by atoms with van der Waals surface area (Å²) in [6.45, 7) is 2.80. The standard InChI is InChI=1S/C17H18N2O3/c1-2-3-9-19-16(20)8-10-18(17(19)21)12-14-11-13-6-4-5-7-15(13)22-14/h4-8,10-11H,2-3,9,12H2,1H3. The van der Waals surface area contributed by atoms with E-state index in [1.807, 2.05) is 37.3 Å². The van der Waals surface area contributed by atoms with Gasteiger partial charge in [-0.3, -0.25) is 13.9 Å². The summed E-state index contributed by atoms with van der Waals surface area (Å²) >= 11 is 0. The lowest BCUT2D eigenvalue weighted by atomic mass is 10.2. The van der Waals surface area contributed by atoms with E-state index in [1.165, 1.54) is 21.4 Å². The van der Waals surface area contributed by atoms with Gasteiger partial charge in [-0.2, -0.15) is 0 Å². The molecule has 22 heavy (non-hydrogen) atoms. The largest absolute Gasteiger partial charge is 0.459 e. The molecule has 1 aromatic carbocycles. The third kappa shape index (κ3) is 2.74. The highest BCUT2D eigenvalue weighted by Crippen LogP contribution is 2.18. The van der Waals surface area contributed by atoms with Crippen molar-refractivity contribution in [1.82, 2.24) is 9.13 Å². The van der Waals surface area contributed by atoms with Gasteiger partial charge >= 0.3 is 5.69 Å². The molecule has 0 saturated heterocycles. The first-order valence-electron chi connectivity index (χ1n) is 7.47. The van der Waals surface area contributed by atoms with Crippen molar-refractivity contribution in [3.63, 3.8) is 0 Å². The van der Waals surface area contributed by atoms with Crippen LogP contribution in [0, 0.1) is 0 Å². The van der Waals surface area contributed by atoms with Gasteiger partial charge in [0.1, 0.15) is 11.3 Å². The Bertz CT molecular complexity index is 869. The molecule has 2 heterocycles. The van der Waals surface area contributed by atoms with E-state index in [2.05, 4.69) is 0 Å². The Morgan fingerprint density at radius 3 is 2.73 bits per heavy atom. The van der Waals surface area contributed by atoms with Crippen molar-refractivity contribution in [2.45, 2.75) is 32.9 Å². The van der Waals surface area contributed by atoms with E-state index in [0.717, 1.165) is 23.8 Å². The summed E-state index contributed by atoms with van der Waals surface area (Å²) in [6, 6.07) is 11.1. The highest BCUT2D eigenvalue weighted by atomic mass is 16.3. The maximum Gasteiger partial charge on any atom is 0.331 e. The van der Waals surface area contributed by atoms with E-state index in [-0.39, 0.29) is 11.2 Å². The number of benzene rings is 1. The lowest BCUT2D eigenvalue weighted by Crippen LogP contribution is -2.39. The van der Waals surface area contributed by atoms with Crippen LogP contribution in [0.2, 0.25) is 0 Å². The van der Waals surface area contributed by atoms with Gasteiger partial charge in [0.05, 0.1) is 6.54 Å². The normalized spacial score (nSPS) is 11.1. The third-order valence-electron chi connectivity index (χ3n) is 3.68. The second-order valence-electron chi connectivity index (χ2n) is 5.32. The van der Waals surface area contributed by atoms with Crippen LogP contribution in [0.5, 0.6) is 0 Å². The predicted molar refractivity (Wildman–Crippen MR) is 85.2 cm³/mol. The van der Waals surface area contributed by atoms with Crippen LogP contribution in [0.25, 0.3) is 11.0 Å². The van der Waals surface area contributed by atoms with E-state index < -0.39 is 0 Å².